The monoisotopic (exact) mass is 342 g/mol. The fourth-order valence-corrected chi connectivity index (χ4v) is 2.47. The first kappa shape index (κ1) is 15.5. The number of aldehydes is 1. The number of aromatic nitrogens is 2. The van der Waals surface area contributed by atoms with Gasteiger partial charge in [0.25, 0.3) is 0 Å². The van der Waals surface area contributed by atoms with Crippen molar-refractivity contribution in [2.45, 2.75) is 0 Å². The van der Waals surface area contributed by atoms with Crippen LogP contribution in [-0.2, 0) is 0 Å². The van der Waals surface area contributed by atoms with E-state index in [-0.39, 0.29) is 0 Å². The Morgan fingerprint density at radius 1 is 1.00 bits per heavy atom. The Balaban J connectivity index is 2.01. The fraction of sp³-hybridized carbons (Fsp3) is 0. The molecule has 1 heterocycles. The van der Waals surface area contributed by atoms with Crippen LogP contribution in [0.15, 0.2) is 61.3 Å². The van der Waals surface area contributed by atoms with Gasteiger partial charge in [0.1, 0.15) is 5.69 Å². The Labute approximate surface area is 143 Å². The first-order chi connectivity index (χ1) is 11.1. The number of hydrogen-bond acceptors (Lipinski definition) is 2. The average molecular weight is 343 g/mol. The zero-order chi connectivity index (χ0) is 16.4. The molecule has 0 bridgehead atoms. The van der Waals surface area contributed by atoms with Gasteiger partial charge in [-0.3, -0.25) is 4.79 Å². The summed E-state index contributed by atoms with van der Waals surface area (Å²) in [5.74, 6) is 0. The number of carbonyl (C=O) groups excluding carboxylic acids is 1. The smallest absolute Gasteiger partial charge is 0.153 e. The van der Waals surface area contributed by atoms with E-state index in [2.05, 4.69) is 11.7 Å². The van der Waals surface area contributed by atoms with Gasteiger partial charge in [0.15, 0.2) is 6.29 Å². The van der Waals surface area contributed by atoms with Gasteiger partial charge in [-0.1, -0.05) is 54.0 Å². The summed E-state index contributed by atoms with van der Waals surface area (Å²) in [6, 6.07) is 14.5. The first-order valence-electron chi connectivity index (χ1n) is 6.84. The van der Waals surface area contributed by atoms with Crippen LogP contribution in [0.4, 0.5) is 0 Å². The fourth-order valence-electron chi connectivity index (χ4n) is 2.22. The van der Waals surface area contributed by atoms with E-state index in [9.17, 15) is 4.79 Å². The van der Waals surface area contributed by atoms with Gasteiger partial charge in [0.05, 0.1) is 11.3 Å². The SMILES string of the molecule is C=C(c1ccc(Cl)cc1)n1cc(C=O)c(-c2ccc(Cl)cc2)n1. The molecule has 23 heavy (non-hydrogen) atoms. The highest BCUT2D eigenvalue weighted by Crippen LogP contribution is 2.25. The first-order valence-corrected chi connectivity index (χ1v) is 7.60. The van der Waals surface area contributed by atoms with Crippen LogP contribution in [0.1, 0.15) is 15.9 Å². The van der Waals surface area contributed by atoms with Crippen molar-refractivity contribution in [1.29, 1.82) is 0 Å². The summed E-state index contributed by atoms with van der Waals surface area (Å²) in [4.78, 5) is 11.4. The van der Waals surface area contributed by atoms with Gasteiger partial charge in [-0.15, -0.1) is 0 Å². The van der Waals surface area contributed by atoms with E-state index >= 15 is 0 Å². The average Bonchev–Trinajstić information content (AvgIpc) is 3.00. The summed E-state index contributed by atoms with van der Waals surface area (Å²) in [6.07, 6.45) is 2.44. The van der Waals surface area contributed by atoms with Crippen molar-refractivity contribution in [1.82, 2.24) is 9.78 Å². The molecule has 0 spiro atoms. The molecule has 0 unspecified atom stereocenters. The lowest BCUT2D eigenvalue weighted by Crippen LogP contribution is -1.98. The number of rotatable bonds is 4. The Morgan fingerprint density at radius 2 is 1.57 bits per heavy atom. The molecule has 0 fully saturated rings. The maximum Gasteiger partial charge on any atom is 0.153 e. The molecule has 0 aliphatic rings. The van der Waals surface area contributed by atoms with Crippen molar-refractivity contribution >= 4 is 35.2 Å². The van der Waals surface area contributed by atoms with Gasteiger partial charge in [-0.05, 0) is 29.8 Å². The number of halogens is 2. The van der Waals surface area contributed by atoms with Crippen LogP contribution in [-0.4, -0.2) is 16.1 Å². The zero-order valence-electron chi connectivity index (χ0n) is 12.0. The Morgan fingerprint density at radius 3 is 2.13 bits per heavy atom. The molecule has 0 radical (unpaired) electrons. The number of hydrogen-bond donors (Lipinski definition) is 0. The highest BCUT2D eigenvalue weighted by molar-refractivity contribution is 6.30. The van der Waals surface area contributed by atoms with Gasteiger partial charge < -0.3 is 0 Å². The Kier molecular flexibility index (Phi) is 4.33. The normalized spacial score (nSPS) is 10.5. The van der Waals surface area contributed by atoms with Gasteiger partial charge in [-0.2, -0.15) is 5.10 Å². The minimum atomic E-state index is 0.488. The maximum absolute atomic E-state index is 11.4. The van der Waals surface area contributed by atoms with Crippen LogP contribution in [0.2, 0.25) is 10.0 Å². The molecule has 3 rings (SSSR count). The molecule has 0 saturated carbocycles. The molecule has 0 N–H and O–H groups in total. The van der Waals surface area contributed by atoms with Crippen LogP contribution >= 0.6 is 23.2 Å². The molecule has 0 aliphatic heterocycles. The van der Waals surface area contributed by atoms with Gasteiger partial charge >= 0.3 is 0 Å². The standard InChI is InChI=1S/C18H12Cl2N2O/c1-12(13-2-6-16(19)7-3-13)22-10-15(11-23)18(21-22)14-4-8-17(20)9-5-14/h2-11H,1H2. The molecule has 2 aromatic carbocycles. The van der Waals surface area contributed by atoms with Crippen LogP contribution in [0.25, 0.3) is 17.0 Å². The topological polar surface area (TPSA) is 34.9 Å². The number of nitrogens with zero attached hydrogens (tertiary/aromatic N) is 2. The van der Waals surface area contributed by atoms with Crippen molar-refractivity contribution in [2.75, 3.05) is 0 Å². The highest BCUT2D eigenvalue weighted by atomic mass is 35.5. The Hall–Kier alpha value is -2.36. The van der Waals surface area contributed by atoms with Gasteiger partial charge in [0, 0.05) is 21.8 Å². The summed E-state index contributed by atoms with van der Waals surface area (Å²) in [7, 11) is 0. The summed E-state index contributed by atoms with van der Waals surface area (Å²) in [6.45, 7) is 4.04. The van der Waals surface area contributed by atoms with E-state index in [1.54, 1.807) is 35.1 Å². The van der Waals surface area contributed by atoms with Crippen LogP contribution in [0, 0.1) is 0 Å². The number of carbonyl (C=O) groups is 1. The molecule has 0 saturated heterocycles. The van der Waals surface area contributed by atoms with E-state index in [0.29, 0.717) is 27.0 Å². The zero-order valence-corrected chi connectivity index (χ0v) is 13.6. The van der Waals surface area contributed by atoms with Crippen LogP contribution in [0.3, 0.4) is 0 Å². The van der Waals surface area contributed by atoms with Gasteiger partial charge in [-0.25, -0.2) is 4.68 Å². The molecule has 5 heteroatoms. The van der Waals surface area contributed by atoms with Crippen LogP contribution in [0.5, 0.6) is 0 Å². The molecule has 114 valence electrons. The van der Waals surface area contributed by atoms with Gasteiger partial charge in [0.2, 0.25) is 0 Å². The molecule has 3 aromatic rings. The summed E-state index contributed by atoms with van der Waals surface area (Å²) >= 11 is 11.8. The van der Waals surface area contributed by atoms with Crippen molar-refractivity contribution < 1.29 is 4.79 Å². The Bertz CT molecular complexity index is 865. The minimum Gasteiger partial charge on any atom is -0.298 e. The molecular weight excluding hydrogens is 331 g/mol. The maximum atomic E-state index is 11.4. The van der Waals surface area contributed by atoms with Crippen molar-refractivity contribution in [3.63, 3.8) is 0 Å². The van der Waals surface area contributed by atoms with Crippen molar-refractivity contribution in [3.8, 4) is 11.3 Å². The van der Waals surface area contributed by atoms with E-state index in [1.807, 2.05) is 24.3 Å². The second-order valence-electron chi connectivity index (χ2n) is 4.96. The van der Waals surface area contributed by atoms with Crippen molar-refractivity contribution in [2.24, 2.45) is 0 Å². The van der Waals surface area contributed by atoms with E-state index in [1.165, 1.54) is 0 Å². The minimum absolute atomic E-state index is 0.488. The lowest BCUT2D eigenvalue weighted by Gasteiger charge is -2.06. The quantitative estimate of drug-likeness (QED) is 0.611. The lowest BCUT2D eigenvalue weighted by atomic mass is 10.1. The second-order valence-corrected chi connectivity index (χ2v) is 5.83. The molecule has 0 atom stereocenters. The van der Waals surface area contributed by atoms with Crippen LogP contribution < -0.4 is 0 Å². The third-order valence-corrected chi connectivity index (χ3v) is 3.95. The predicted molar refractivity (Wildman–Crippen MR) is 93.9 cm³/mol. The van der Waals surface area contributed by atoms with Crippen molar-refractivity contribution in [3.05, 3.63) is 82.5 Å². The lowest BCUT2D eigenvalue weighted by molar-refractivity contribution is 0.112. The molecule has 1 aromatic heterocycles. The third-order valence-electron chi connectivity index (χ3n) is 3.44. The van der Waals surface area contributed by atoms with E-state index in [4.69, 9.17) is 23.2 Å². The third kappa shape index (κ3) is 3.21. The second kappa shape index (κ2) is 6.41. The largest absolute Gasteiger partial charge is 0.298 e. The van der Waals surface area contributed by atoms with E-state index < -0.39 is 0 Å². The summed E-state index contributed by atoms with van der Waals surface area (Å²) in [5.41, 5.74) is 3.43. The summed E-state index contributed by atoms with van der Waals surface area (Å²) in [5, 5.41) is 5.77. The highest BCUT2D eigenvalue weighted by Gasteiger charge is 2.13. The molecular formula is C18H12Cl2N2O. The predicted octanol–water partition coefficient (Wildman–Crippen LogP) is 5.19. The molecule has 3 nitrogen and oxygen atoms in total. The molecule has 0 aliphatic carbocycles. The molecule has 0 amide bonds. The van der Waals surface area contributed by atoms with E-state index in [0.717, 1.165) is 17.4 Å². The summed E-state index contributed by atoms with van der Waals surface area (Å²) < 4.78 is 1.59. The number of benzene rings is 2.